The third-order valence-electron chi connectivity index (χ3n) is 6.46. The summed E-state index contributed by atoms with van der Waals surface area (Å²) in [6.07, 6.45) is 2.11. The van der Waals surface area contributed by atoms with Crippen molar-refractivity contribution in [1.82, 2.24) is 18.6 Å². The van der Waals surface area contributed by atoms with Gasteiger partial charge in [-0.25, -0.2) is 4.79 Å². The lowest BCUT2D eigenvalue weighted by Crippen LogP contribution is -2.47. The first-order valence-electron chi connectivity index (χ1n) is 10.9. The zero-order chi connectivity index (χ0) is 21.5. The van der Waals surface area contributed by atoms with Crippen LogP contribution in [-0.2, 0) is 13.6 Å². The summed E-state index contributed by atoms with van der Waals surface area (Å²) in [6, 6.07) is 16.9. The van der Waals surface area contributed by atoms with Crippen LogP contribution in [0.5, 0.6) is 0 Å². The van der Waals surface area contributed by atoms with Crippen LogP contribution in [0.1, 0.15) is 6.92 Å². The number of hydrogen-bond donors (Lipinski definition) is 0. The van der Waals surface area contributed by atoms with Gasteiger partial charge >= 0.3 is 5.69 Å². The zero-order valence-corrected chi connectivity index (χ0v) is 18.3. The summed E-state index contributed by atoms with van der Waals surface area (Å²) in [5, 5.41) is 1.29. The lowest BCUT2D eigenvalue weighted by atomic mass is 10.2. The van der Waals surface area contributed by atoms with Gasteiger partial charge in [-0.15, -0.1) is 0 Å². The molecule has 160 valence electrons. The fourth-order valence-electron chi connectivity index (χ4n) is 4.73. The molecule has 31 heavy (non-hydrogen) atoms. The normalized spacial score (nSPS) is 15.2. The molecule has 6 heteroatoms. The summed E-state index contributed by atoms with van der Waals surface area (Å²) in [4.78, 5) is 17.9. The molecule has 4 aromatic rings. The molecule has 1 aliphatic rings. The molecule has 2 aromatic heterocycles. The molecule has 0 amide bonds. The molecule has 1 fully saturated rings. The largest absolute Gasteiger partial charge is 0.369 e. The van der Waals surface area contributed by atoms with Crippen LogP contribution in [0.25, 0.3) is 27.6 Å². The topological polar surface area (TPSA) is 38.3 Å². The molecule has 5 rings (SSSR count). The van der Waals surface area contributed by atoms with Gasteiger partial charge in [-0.3, -0.25) is 14.0 Å². The number of para-hydroxylation sites is 2. The van der Waals surface area contributed by atoms with Crippen molar-refractivity contribution < 1.29 is 0 Å². The summed E-state index contributed by atoms with van der Waals surface area (Å²) in [7, 11) is 2.08. The molecule has 1 saturated heterocycles. The highest BCUT2D eigenvalue weighted by Crippen LogP contribution is 2.24. The van der Waals surface area contributed by atoms with Crippen molar-refractivity contribution in [2.75, 3.05) is 37.6 Å². The average Bonchev–Trinajstić information content (AvgIpc) is 3.29. The molecule has 2 aromatic carbocycles. The van der Waals surface area contributed by atoms with E-state index < -0.39 is 0 Å². The quantitative estimate of drug-likeness (QED) is 0.500. The first kappa shape index (κ1) is 19.7. The van der Waals surface area contributed by atoms with Gasteiger partial charge in [0.15, 0.2) is 0 Å². The van der Waals surface area contributed by atoms with Crippen molar-refractivity contribution in [3.05, 3.63) is 71.8 Å². The van der Waals surface area contributed by atoms with Crippen molar-refractivity contribution in [2.24, 2.45) is 7.05 Å². The van der Waals surface area contributed by atoms with Gasteiger partial charge in [-0.2, -0.15) is 0 Å². The van der Waals surface area contributed by atoms with Crippen LogP contribution in [0.3, 0.4) is 0 Å². The minimum atomic E-state index is 0.00324. The third kappa shape index (κ3) is 3.47. The fraction of sp³-hybridized carbons (Fsp3) is 0.320. The maximum Gasteiger partial charge on any atom is 0.333 e. The molecule has 0 radical (unpaired) electrons. The summed E-state index contributed by atoms with van der Waals surface area (Å²) in [5.74, 6) is 0. The number of imidazole rings is 1. The zero-order valence-electron chi connectivity index (χ0n) is 18.3. The van der Waals surface area contributed by atoms with Crippen LogP contribution in [0.2, 0.25) is 0 Å². The minimum Gasteiger partial charge on any atom is -0.369 e. The van der Waals surface area contributed by atoms with Gasteiger partial charge in [-0.05, 0) is 43.3 Å². The Labute approximate surface area is 182 Å². The SMILES string of the molecule is C=C(C)n1c(=O)n(CCN2CCN(c3ccc4c(ccn4C)c3)CC2)c2ccccc21. The molecule has 0 bridgehead atoms. The van der Waals surface area contributed by atoms with Crippen LogP contribution in [0, 0.1) is 0 Å². The van der Waals surface area contributed by atoms with E-state index in [0.717, 1.165) is 49.5 Å². The number of benzene rings is 2. The van der Waals surface area contributed by atoms with E-state index in [4.69, 9.17) is 0 Å². The molecule has 0 N–H and O–H groups in total. The first-order valence-corrected chi connectivity index (χ1v) is 10.9. The first-order chi connectivity index (χ1) is 15.0. The highest BCUT2D eigenvalue weighted by Gasteiger charge is 2.19. The predicted molar refractivity (Wildman–Crippen MR) is 129 cm³/mol. The van der Waals surface area contributed by atoms with E-state index in [1.54, 1.807) is 4.57 Å². The molecule has 0 spiro atoms. The minimum absolute atomic E-state index is 0.00324. The van der Waals surface area contributed by atoms with Crippen molar-refractivity contribution in [1.29, 1.82) is 0 Å². The van der Waals surface area contributed by atoms with Gasteiger partial charge in [0.2, 0.25) is 0 Å². The number of hydrogen-bond acceptors (Lipinski definition) is 3. The van der Waals surface area contributed by atoms with Gasteiger partial charge < -0.3 is 9.47 Å². The van der Waals surface area contributed by atoms with E-state index in [2.05, 4.69) is 58.5 Å². The van der Waals surface area contributed by atoms with Crippen molar-refractivity contribution in [3.8, 4) is 0 Å². The number of nitrogens with zero attached hydrogens (tertiary/aromatic N) is 5. The maximum atomic E-state index is 13.0. The predicted octanol–water partition coefficient (Wildman–Crippen LogP) is 3.61. The number of aryl methyl sites for hydroxylation is 1. The van der Waals surface area contributed by atoms with Crippen LogP contribution in [-0.4, -0.2) is 51.3 Å². The number of fused-ring (bicyclic) bond motifs is 2. The molecule has 0 unspecified atom stereocenters. The van der Waals surface area contributed by atoms with E-state index in [1.807, 2.05) is 35.8 Å². The van der Waals surface area contributed by atoms with Gasteiger partial charge in [0.05, 0.1) is 11.0 Å². The van der Waals surface area contributed by atoms with Gasteiger partial charge in [0.1, 0.15) is 0 Å². The summed E-state index contributed by atoms with van der Waals surface area (Å²) in [6.45, 7) is 11.4. The Balaban J connectivity index is 1.27. The highest BCUT2D eigenvalue weighted by molar-refractivity contribution is 5.84. The van der Waals surface area contributed by atoms with Gasteiger partial charge in [0.25, 0.3) is 0 Å². The second-order valence-electron chi connectivity index (χ2n) is 8.49. The Hall–Kier alpha value is -3.25. The van der Waals surface area contributed by atoms with Crippen molar-refractivity contribution >= 4 is 33.3 Å². The van der Waals surface area contributed by atoms with Crippen molar-refractivity contribution in [2.45, 2.75) is 13.5 Å². The summed E-state index contributed by atoms with van der Waals surface area (Å²) >= 11 is 0. The average molecular weight is 416 g/mol. The molecule has 0 saturated carbocycles. The number of aromatic nitrogens is 3. The van der Waals surface area contributed by atoms with E-state index >= 15 is 0 Å². The van der Waals surface area contributed by atoms with Crippen LogP contribution in [0.15, 0.2) is 66.1 Å². The Morgan fingerprint density at radius 3 is 2.42 bits per heavy atom. The molecule has 0 aliphatic carbocycles. The van der Waals surface area contributed by atoms with Crippen LogP contribution in [0.4, 0.5) is 5.69 Å². The van der Waals surface area contributed by atoms with E-state index in [9.17, 15) is 4.79 Å². The standard InChI is InChI=1S/C25H29N5O/c1-19(2)30-24-7-5-4-6-23(24)29(25(30)31)17-14-27-12-15-28(16-13-27)21-8-9-22-20(18-21)10-11-26(22)3/h4-11,18H,1,12-17H2,2-3H3. The second-order valence-corrected chi connectivity index (χ2v) is 8.49. The molecule has 6 nitrogen and oxygen atoms in total. The van der Waals surface area contributed by atoms with E-state index in [0.29, 0.717) is 6.54 Å². The van der Waals surface area contributed by atoms with Crippen LogP contribution < -0.4 is 10.6 Å². The van der Waals surface area contributed by atoms with E-state index in [-0.39, 0.29) is 5.69 Å². The molecular weight excluding hydrogens is 386 g/mol. The Morgan fingerprint density at radius 1 is 0.935 bits per heavy atom. The number of piperazine rings is 1. The Morgan fingerprint density at radius 2 is 1.68 bits per heavy atom. The van der Waals surface area contributed by atoms with Gasteiger partial charge in [-0.1, -0.05) is 18.7 Å². The summed E-state index contributed by atoms with van der Waals surface area (Å²) < 4.78 is 5.76. The molecule has 1 aliphatic heterocycles. The highest BCUT2D eigenvalue weighted by atomic mass is 16.1. The number of anilines is 1. The molecule has 3 heterocycles. The monoisotopic (exact) mass is 415 g/mol. The summed E-state index contributed by atoms with van der Waals surface area (Å²) in [5.41, 5.74) is 5.22. The van der Waals surface area contributed by atoms with E-state index in [1.165, 1.54) is 16.6 Å². The fourth-order valence-corrected chi connectivity index (χ4v) is 4.73. The Bertz CT molecular complexity index is 1320. The molecule has 0 atom stereocenters. The lowest BCUT2D eigenvalue weighted by Gasteiger charge is -2.36. The smallest absolute Gasteiger partial charge is 0.333 e. The molecular formula is C25H29N5O. The lowest BCUT2D eigenvalue weighted by molar-refractivity contribution is 0.248. The third-order valence-corrected chi connectivity index (χ3v) is 6.46. The van der Waals surface area contributed by atoms with Gasteiger partial charge in [0, 0.05) is 74.8 Å². The Kier molecular flexibility index (Phi) is 4.94. The van der Waals surface area contributed by atoms with Crippen LogP contribution >= 0.6 is 0 Å². The second kappa shape index (κ2) is 7.78. The maximum absolute atomic E-state index is 13.0. The van der Waals surface area contributed by atoms with Crippen molar-refractivity contribution in [3.63, 3.8) is 0 Å². The number of rotatable bonds is 5. The number of allylic oxidation sites excluding steroid dienone is 1.